The quantitative estimate of drug-likeness (QED) is 0.741. The van der Waals surface area contributed by atoms with Gasteiger partial charge in [-0.05, 0) is 43.2 Å². The number of fused-ring (bicyclic) bond motifs is 2. The summed E-state index contributed by atoms with van der Waals surface area (Å²) in [5, 5.41) is 14.9. The maximum absolute atomic E-state index is 12.7. The third-order valence-electron chi connectivity index (χ3n) is 4.55. The number of para-hydroxylation sites is 1. The van der Waals surface area contributed by atoms with Crippen LogP contribution in [0.2, 0.25) is 0 Å². The number of carbonyl (C=O) groups is 1. The van der Waals surface area contributed by atoms with Crippen molar-refractivity contribution in [3.63, 3.8) is 0 Å². The van der Waals surface area contributed by atoms with E-state index in [9.17, 15) is 10.0 Å². The van der Waals surface area contributed by atoms with Crippen LogP contribution >= 0.6 is 11.3 Å². The predicted octanol–water partition coefficient (Wildman–Crippen LogP) is 3.99. The molecule has 4 rings (SSSR count). The molecule has 122 valence electrons. The number of anilines is 1. The number of amides is 1. The summed E-state index contributed by atoms with van der Waals surface area (Å²) in [5.74, 6) is -0.197. The zero-order valence-electron chi connectivity index (χ0n) is 13.4. The van der Waals surface area contributed by atoms with E-state index >= 15 is 0 Å². The van der Waals surface area contributed by atoms with Gasteiger partial charge in [-0.15, -0.1) is 0 Å². The number of hydrogen-bond acceptors (Lipinski definition) is 5. The molecule has 0 bridgehead atoms. The number of carbonyl (C=O) groups excluding carboxylic acids is 1. The molecule has 5 nitrogen and oxygen atoms in total. The summed E-state index contributed by atoms with van der Waals surface area (Å²) >= 11 is 1.45. The Bertz CT molecular complexity index is 915. The number of hydrogen-bond donors (Lipinski definition) is 2. The third kappa shape index (κ3) is 2.31. The summed E-state index contributed by atoms with van der Waals surface area (Å²) in [6.45, 7) is 4.22. The Kier molecular flexibility index (Phi) is 3.42. The Morgan fingerprint density at radius 1 is 1.25 bits per heavy atom. The highest BCUT2D eigenvalue weighted by Crippen LogP contribution is 2.39. The Morgan fingerprint density at radius 2 is 2.04 bits per heavy atom. The molecule has 0 aliphatic carbocycles. The van der Waals surface area contributed by atoms with Gasteiger partial charge in [0.15, 0.2) is 5.13 Å². The molecular formula is C18H17N3O2S. The molecule has 1 aromatic heterocycles. The summed E-state index contributed by atoms with van der Waals surface area (Å²) in [7, 11) is 0. The predicted molar refractivity (Wildman–Crippen MR) is 94.4 cm³/mol. The minimum atomic E-state index is -0.499. The second kappa shape index (κ2) is 5.37. The van der Waals surface area contributed by atoms with Gasteiger partial charge in [0.2, 0.25) is 0 Å². The van der Waals surface area contributed by atoms with E-state index in [4.69, 9.17) is 0 Å². The van der Waals surface area contributed by atoms with E-state index < -0.39 is 5.54 Å². The van der Waals surface area contributed by atoms with Crippen molar-refractivity contribution in [1.82, 2.24) is 10.0 Å². The lowest BCUT2D eigenvalue weighted by molar-refractivity contribution is -0.161. The van der Waals surface area contributed by atoms with Crippen molar-refractivity contribution < 1.29 is 10.0 Å². The fourth-order valence-electron chi connectivity index (χ4n) is 3.12. The lowest BCUT2D eigenvalue weighted by Crippen LogP contribution is -2.32. The molecule has 0 unspecified atom stereocenters. The lowest BCUT2D eigenvalue weighted by atomic mass is 9.92. The average molecular weight is 339 g/mol. The SMILES string of the molecule is CC1(C)c2cccc(C(=O)Nc3nc4ccccc4s3)c2CN1O. The largest absolute Gasteiger partial charge is 0.313 e. The molecule has 0 saturated carbocycles. The van der Waals surface area contributed by atoms with Gasteiger partial charge in [0.05, 0.1) is 22.3 Å². The van der Waals surface area contributed by atoms with Crippen molar-refractivity contribution in [2.24, 2.45) is 0 Å². The molecule has 0 atom stereocenters. The first kappa shape index (κ1) is 15.3. The van der Waals surface area contributed by atoms with Crippen molar-refractivity contribution in [1.29, 1.82) is 0 Å². The Hall–Kier alpha value is -2.28. The first-order valence-corrected chi connectivity index (χ1v) is 8.54. The lowest BCUT2D eigenvalue weighted by Gasteiger charge is -2.26. The third-order valence-corrected chi connectivity index (χ3v) is 5.50. The molecule has 2 N–H and O–H groups in total. The fourth-order valence-corrected chi connectivity index (χ4v) is 3.98. The molecule has 0 spiro atoms. The highest BCUT2D eigenvalue weighted by Gasteiger charge is 2.38. The van der Waals surface area contributed by atoms with E-state index in [-0.39, 0.29) is 5.91 Å². The maximum atomic E-state index is 12.7. The molecule has 1 aliphatic rings. The van der Waals surface area contributed by atoms with Crippen LogP contribution in [0.1, 0.15) is 35.3 Å². The Balaban J connectivity index is 1.68. The van der Waals surface area contributed by atoms with E-state index in [2.05, 4.69) is 10.3 Å². The Labute approximate surface area is 143 Å². The van der Waals surface area contributed by atoms with Gasteiger partial charge in [0, 0.05) is 5.56 Å². The number of hydroxylamine groups is 2. The van der Waals surface area contributed by atoms with Crippen molar-refractivity contribution in [3.8, 4) is 0 Å². The molecule has 24 heavy (non-hydrogen) atoms. The molecular weight excluding hydrogens is 322 g/mol. The molecule has 2 heterocycles. The first-order valence-electron chi connectivity index (χ1n) is 7.72. The number of thiazole rings is 1. The fraction of sp³-hybridized carbons (Fsp3) is 0.222. The van der Waals surface area contributed by atoms with E-state index in [1.165, 1.54) is 16.4 Å². The van der Waals surface area contributed by atoms with Crippen LogP contribution < -0.4 is 5.32 Å². The van der Waals surface area contributed by atoms with Crippen LogP contribution in [0.4, 0.5) is 5.13 Å². The summed E-state index contributed by atoms with van der Waals surface area (Å²) in [6, 6.07) is 13.4. The van der Waals surface area contributed by atoms with Gasteiger partial charge in [0.1, 0.15) is 0 Å². The normalized spacial score (nSPS) is 16.3. The van der Waals surface area contributed by atoms with Gasteiger partial charge < -0.3 is 5.21 Å². The molecule has 0 radical (unpaired) electrons. The number of aromatic nitrogens is 1. The van der Waals surface area contributed by atoms with E-state index in [0.717, 1.165) is 21.3 Å². The summed E-state index contributed by atoms with van der Waals surface area (Å²) in [5.41, 5.74) is 2.79. The number of benzene rings is 2. The van der Waals surface area contributed by atoms with Crippen molar-refractivity contribution in [2.45, 2.75) is 25.9 Å². The molecule has 1 amide bonds. The monoisotopic (exact) mass is 339 g/mol. The van der Waals surface area contributed by atoms with Crippen LogP contribution in [0.5, 0.6) is 0 Å². The molecule has 0 saturated heterocycles. The van der Waals surface area contributed by atoms with Crippen LogP contribution in [0.15, 0.2) is 42.5 Å². The van der Waals surface area contributed by atoms with E-state index in [1.807, 2.05) is 50.2 Å². The standard InChI is InChI=1S/C18H17N3O2S/c1-18(2)13-7-5-6-11(12(13)10-21(18)23)16(22)20-17-19-14-8-3-4-9-15(14)24-17/h3-9,23H,10H2,1-2H3,(H,19,20,22). The second-order valence-electron chi connectivity index (χ2n) is 6.39. The van der Waals surface area contributed by atoms with Crippen molar-refractivity contribution >= 4 is 32.6 Å². The smallest absolute Gasteiger partial charge is 0.257 e. The average Bonchev–Trinajstić information content (AvgIpc) is 3.06. The number of nitrogens with one attached hydrogen (secondary N) is 1. The zero-order chi connectivity index (χ0) is 16.9. The maximum Gasteiger partial charge on any atom is 0.257 e. The molecule has 3 aromatic rings. The second-order valence-corrected chi connectivity index (χ2v) is 7.42. The van der Waals surface area contributed by atoms with Gasteiger partial charge in [-0.2, -0.15) is 5.06 Å². The first-order chi connectivity index (χ1) is 11.5. The van der Waals surface area contributed by atoms with Gasteiger partial charge in [0.25, 0.3) is 5.91 Å². The van der Waals surface area contributed by atoms with Crippen molar-refractivity contribution in [2.75, 3.05) is 5.32 Å². The van der Waals surface area contributed by atoms with Gasteiger partial charge >= 0.3 is 0 Å². The number of rotatable bonds is 2. The topological polar surface area (TPSA) is 65.5 Å². The summed E-state index contributed by atoms with van der Waals surface area (Å²) < 4.78 is 1.04. The van der Waals surface area contributed by atoms with Crippen molar-refractivity contribution in [3.05, 3.63) is 59.2 Å². The minimum Gasteiger partial charge on any atom is -0.313 e. The van der Waals surface area contributed by atoms with Crippen LogP contribution in [0, 0.1) is 0 Å². The van der Waals surface area contributed by atoms with Gasteiger partial charge in [-0.1, -0.05) is 35.6 Å². The van der Waals surface area contributed by atoms with Crippen LogP contribution in [-0.2, 0) is 12.1 Å². The van der Waals surface area contributed by atoms with E-state index in [1.54, 1.807) is 6.07 Å². The Morgan fingerprint density at radius 3 is 2.83 bits per heavy atom. The van der Waals surface area contributed by atoms with Gasteiger partial charge in [-0.25, -0.2) is 4.98 Å². The van der Waals surface area contributed by atoms with E-state index in [0.29, 0.717) is 17.2 Å². The minimum absolute atomic E-state index is 0.197. The van der Waals surface area contributed by atoms with Crippen LogP contribution in [-0.4, -0.2) is 21.2 Å². The molecule has 6 heteroatoms. The highest BCUT2D eigenvalue weighted by atomic mass is 32.1. The highest BCUT2D eigenvalue weighted by molar-refractivity contribution is 7.22. The molecule has 0 fully saturated rings. The summed E-state index contributed by atoms with van der Waals surface area (Å²) in [4.78, 5) is 17.2. The number of nitrogens with zero attached hydrogens (tertiary/aromatic N) is 2. The molecule has 2 aromatic carbocycles. The van der Waals surface area contributed by atoms with Crippen LogP contribution in [0.3, 0.4) is 0 Å². The zero-order valence-corrected chi connectivity index (χ0v) is 14.2. The summed E-state index contributed by atoms with van der Waals surface area (Å²) in [6.07, 6.45) is 0. The van der Waals surface area contributed by atoms with Gasteiger partial charge in [-0.3, -0.25) is 10.1 Å². The molecule has 1 aliphatic heterocycles. The van der Waals surface area contributed by atoms with Crippen LogP contribution in [0.25, 0.3) is 10.2 Å².